The number of carbonyl (C=O) groups excluding carboxylic acids is 1. The van der Waals surface area contributed by atoms with Crippen LogP contribution in [0.3, 0.4) is 0 Å². The number of halogens is 1. The van der Waals surface area contributed by atoms with Gasteiger partial charge in [-0.3, -0.25) is 4.79 Å². The lowest BCUT2D eigenvalue weighted by atomic mass is 10.2. The van der Waals surface area contributed by atoms with Crippen molar-refractivity contribution in [3.8, 4) is 11.8 Å². The predicted molar refractivity (Wildman–Crippen MR) is 79.2 cm³/mol. The maximum atomic E-state index is 11.8. The highest BCUT2D eigenvalue weighted by Crippen LogP contribution is 2.30. The van der Waals surface area contributed by atoms with Crippen LogP contribution >= 0.6 is 11.6 Å². The normalized spacial score (nSPS) is 9.73. The van der Waals surface area contributed by atoms with Crippen molar-refractivity contribution in [2.45, 2.75) is 0 Å². The Labute approximate surface area is 131 Å². The van der Waals surface area contributed by atoms with Crippen LogP contribution in [0.2, 0.25) is 5.15 Å². The van der Waals surface area contributed by atoms with E-state index < -0.39 is 5.91 Å². The number of ether oxygens (including phenoxy) is 1. The summed E-state index contributed by atoms with van der Waals surface area (Å²) in [7, 11) is 2.89. The molecule has 2 rings (SSSR count). The van der Waals surface area contributed by atoms with E-state index in [9.17, 15) is 4.79 Å². The molecular weight excluding hydrogens is 308 g/mol. The van der Waals surface area contributed by atoms with Crippen molar-refractivity contribution in [2.75, 3.05) is 19.5 Å². The average molecular weight is 319 g/mol. The minimum atomic E-state index is -0.443. The van der Waals surface area contributed by atoms with Gasteiger partial charge in [-0.2, -0.15) is 5.26 Å². The van der Waals surface area contributed by atoms with Crippen LogP contribution < -0.4 is 15.4 Å². The lowest BCUT2D eigenvalue weighted by Crippen LogP contribution is -2.21. The lowest BCUT2D eigenvalue weighted by molar-refractivity contribution is 0.0958. The largest absolute Gasteiger partial charge is 0.492 e. The topological polar surface area (TPSA) is 113 Å². The number of anilines is 2. The number of pyridine rings is 1. The van der Waals surface area contributed by atoms with Gasteiger partial charge in [-0.25, -0.2) is 4.98 Å². The van der Waals surface area contributed by atoms with E-state index in [1.165, 1.54) is 32.5 Å². The van der Waals surface area contributed by atoms with Crippen molar-refractivity contribution < 1.29 is 9.53 Å². The van der Waals surface area contributed by atoms with Crippen LogP contribution in [0, 0.1) is 11.3 Å². The number of nitriles is 1. The first kappa shape index (κ1) is 15.5. The summed E-state index contributed by atoms with van der Waals surface area (Å²) in [4.78, 5) is 15.9. The van der Waals surface area contributed by atoms with Gasteiger partial charge >= 0.3 is 0 Å². The fourth-order valence-electron chi connectivity index (χ4n) is 1.71. The number of hydrogen-bond acceptors (Lipinski definition) is 7. The number of aromatic nitrogens is 3. The molecule has 0 spiro atoms. The fraction of sp³-hybridized carbons (Fsp3) is 0.154. The highest BCUT2D eigenvalue weighted by Gasteiger charge is 2.17. The smallest absolute Gasteiger partial charge is 0.273 e. The number of methoxy groups -OCH3 is 1. The number of amides is 1. The summed E-state index contributed by atoms with van der Waals surface area (Å²) < 4.78 is 5.18. The van der Waals surface area contributed by atoms with Gasteiger partial charge in [-0.1, -0.05) is 11.6 Å². The van der Waals surface area contributed by atoms with Crippen LogP contribution in [-0.4, -0.2) is 35.2 Å². The van der Waals surface area contributed by atoms with E-state index in [1.807, 2.05) is 6.07 Å². The highest BCUT2D eigenvalue weighted by atomic mass is 35.5. The summed E-state index contributed by atoms with van der Waals surface area (Å²) in [5, 5.41) is 21.9. The van der Waals surface area contributed by atoms with Gasteiger partial charge in [0.25, 0.3) is 5.91 Å². The van der Waals surface area contributed by atoms with Gasteiger partial charge in [-0.05, 0) is 6.07 Å². The Morgan fingerprint density at radius 1 is 1.45 bits per heavy atom. The third kappa shape index (κ3) is 3.05. The Hall–Kier alpha value is -2.92. The molecule has 0 radical (unpaired) electrons. The van der Waals surface area contributed by atoms with Gasteiger partial charge in [0, 0.05) is 19.3 Å². The molecule has 22 heavy (non-hydrogen) atoms. The van der Waals surface area contributed by atoms with Crippen LogP contribution in [0.25, 0.3) is 0 Å². The van der Waals surface area contributed by atoms with Gasteiger partial charge in [0.1, 0.15) is 6.07 Å². The molecule has 0 saturated carbocycles. The Kier molecular flexibility index (Phi) is 4.70. The predicted octanol–water partition coefficient (Wildman–Crippen LogP) is 1.51. The van der Waals surface area contributed by atoms with E-state index in [0.717, 1.165) is 0 Å². The van der Waals surface area contributed by atoms with Gasteiger partial charge in [0.15, 0.2) is 22.4 Å². The molecule has 0 fully saturated rings. The Bertz CT molecular complexity index is 759. The van der Waals surface area contributed by atoms with Crippen LogP contribution in [-0.2, 0) is 0 Å². The zero-order chi connectivity index (χ0) is 16.1. The molecule has 2 N–H and O–H groups in total. The molecule has 2 aromatic rings. The van der Waals surface area contributed by atoms with Gasteiger partial charge in [-0.15, -0.1) is 10.2 Å². The van der Waals surface area contributed by atoms with Crippen molar-refractivity contribution >= 4 is 29.0 Å². The Balaban J connectivity index is 2.50. The molecule has 0 aliphatic rings. The van der Waals surface area contributed by atoms with E-state index in [2.05, 4.69) is 25.8 Å². The molecule has 0 bridgehead atoms. The van der Waals surface area contributed by atoms with Crippen LogP contribution in [0.1, 0.15) is 16.1 Å². The molecule has 0 aliphatic carbocycles. The van der Waals surface area contributed by atoms with Crippen molar-refractivity contribution in [3.63, 3.8) is 0 Å². The second kappa shape index (κ2) is 6.69. The SMILES string of the molecule is CNC(=O)c1nnc(Cl)cc1Nc1nccc(C#N)c1OC. The van der Waals surface area contributed by atoms with E-state index in [-0.39, 0.29) is 22.4 Å². The molecule has 0 aliphatic heterocycles. The standard InChI is InChI=1S/C13H11ClN6O2/c1-16-13(21)10-8(5-9(14)19-20-10)18-12-11(22-2)7(6-15)3-4-17-12/h3-5H,1-2H3,(H,16,21)(H,17,18,19). The Morgan fingerprint density at radius 3 is 2.86 bits per heavy atom. The molecule has 112 valence electrons. The minimum absolute atomic E-state index is 0.0399. The Morgan fingerprint density at radius 2 is 2.23 bits per heavy atom. The van der Waals surface area contributed by atoms with E-state index in [0.29, 0.717) is 11.3 Å². The number of rotatable bonds is 4. The monoisotopic (exact) mass is 318 g/mol. The summed E-state index contributed by atoms with van der Waals surface area (Å²) in [6.07, 6.45) is 1.44. The second-order valence-corrected chi connectivity index (χ2v) is 4.37. The van der Waals surface area contributed by atoms with Gasteiger partial charge < -0.3 is 15.4 Å². The van der Waals surface area contributed by atoms with E-state index >= 15 is 0 Å². The molecule has 0 aromatic carbocycles. The van der Waals surface area contributed by atoms with E-state index in [1.54, 1.807) is 0 Å². The first-order chi connectivity index (χ1) is 10.6. The summed E-state index contributed by atoms with van der Waals surface area (Å²) in [5.74, 6) is 0.0682. The van der Waals surface area contributed by atoms with Crippen LogP contribution in [0.5, 0.6) is 5.75 Å². The summed E-state index contributed by atoms with van der Waals surface area (Å²) >= 11 is 5.81. The number of nitrogens with zero attached hydrogens (tertiary/aromatic N) is 4. The van der Waals surface area contributed by atoms with E-state index in [4.69, 9.17) is 21.6 Å². The molecular formula is C13H11ClN6O2. The average Bonchev–Trinajstić information content (AvgIpc) is 2.54. The fourth-order valence-corrected chi connectivity index (χ4v) is 1.86. The molecule has 8 nitrogen and oxygen atoms in total. The maximum Gasteiger partial charge on any atom is 0.273 e. The molecule has 0 saturated heterocycles. The second-order valence-electron chi connectivity index (χ2n) is 3.99. The number of nitrogens with one attached hydrogen (secondary N) is 2. The molecule has 0 atom stereocenters. The first-order valence-corrected chi connectivity index (χ1v) is 6.44. The molecule has 9 heteroatoms. The maximum absolute atomic E-state index is 11.8. The minimum Gasteiger partial charge on any atom is -0.492 e. The zero-order valence-electron chi connectivity index (χ0n) is 11.7. The number of carbonyl (C=O) groups is 1. The first-order valence-electron chi connectivity index (χ1n) is 6.06. The van der Waals surface area contributed by atoms with Crippen molar-refractivity contribution in [1.29, 1.82) is 5.26 Å². The number of hydrogen-bond donors (Lipinski definition) is 2. The summed E-state index contributed by atoms with van der Waals surface area (Å²) in [6.45, 7) is 0. The van der Waals surface area contributed by atoms with Gasteiger partial charge in [0.05, 0.1) is 18.4 Å². The molecule has 2 aromatic heterocycles. The lowest BCUT2D eigenvalue weighted by Gasteiger charge is -2.13. The molecule has 0 unspecified atom stereocenters. The third-order valence-corrected chi connectivity index (χ3v) is 2.87. The molecule has 1 amide bonds. The zero-order valence-corrected chi connectivity index (χ0v) is 12.5. The summed E-state index contributed by atoms with van der Waals surface area (Å²) in [6, 6.07) is 4.94. The van der Waals surface area contributed by atoms with Crippen molar-refractivity contribution in [1.82, 2.24) is 20.5 Å². The molecule has 2 heterocycles. The van der Waals surface area contributed by atoms with Crippen LogP contribution in [0.15, 0.2) is 18.3 Å². The van der Waals surface area contributed by atoms with Gasteiger partial charge in [0.2, 0.25) is 0 Å². The van der Waals surface area contributed by atoms with Crippen molar-refractivity contribution in [2.24, 2.45) is 0 Å². The third-order valence-electron chi connectivity index (χ3n) is 2.69. The quantitative estimate of drug-likeness (QED) is 0.878. The highest BCUT2D eigenvalue weighted by molar-refractivity contribution is 6.29. The van der Waals surface area contributed by atoms with Crippen LogP contribution in [0.4, 0.5) is 11.5 Å². The van der Waals surface area contributed by atoms with Crippen molar-refractivity contribution in [3.05, 3.63) is 34.7 Å². The summed E-state index contributed by atoms with van der Waals surface area (Å²) in [5.41, 5.74) is 0.632.